The summed E-state index contributed by atoms with van der Waals surface area (Å²) in [5, 5.41) is 4.75. The number of anilines is 2. The molecule has 0 fully saturated rings. The van der Waals surface area contributed by atoms with Crippen LogP contribution in [0.2, 0.25) is 0 Å². The zero-order chi connectivity index (χ0) is 25.9. The highest BCUT2D eigenvalue weighted by molar-refractivity contribution is 6.08. The Morgan fingerprint density at radius 2 is 1.79 bits per heavy atom. The summed E-state index contributed by atoms with van der Waals surface area (Å²) in [4.78, 5) is 19.1. The predicted molar refractivity (Wildman–Crippen MR) is 155 cm³/mol. The molecule has 1 unspecified atom stereocenters. The standard InChI is InChI=1S/C33H31N3O2/c1-2-27-17-19-36(31-11-7-6-10-30(31)35-27)33(37)26-12-14-28(24-13-15-29-25(20-24)16-18-34-29)32(21-26)38-22-23-8-4-3-5-9-23/h3-16,18,20-21,27,34-35H,2,17,19,22H2,1H3. The van der Waals surface area contributed by atoms with Crippen molar-refractivity contribution >= 4 is 28.2 Å². The number of hydrogen-bond acceptors (Lipinski definition) is 3. The molecule has 38 heavy (non-hydrogen) atoms. The highest BCUT2D eigenvalue weighted by Gasteiger charge is 2.26. The number of rotatable bonds is 6. The predicted octanol–water partition coefficient (Wildman–Crippen LogP) is 7.65. The maximum absolute atomic E-state index is 14.0. The van der Waals surface area contributed by atoms with Crippen molar-refractivity contribution in [3.05, 3.63) is 114 Å². The second-order valence-electron chi connectivity index (χ2n) is 9.78. The summed E-state index contributed by atoms with van der Waals surface area (Å²) >= 11 is 0. The molecular weight excluding hydrogens is 470 g/mol. The molecule has 1 amide bonds. The van der Waals surface area contributed by atoms with Gasteiger partial charge in [-0.1, -0.05) is 55.5 Å². The number of para-hydroxylation sites is 2. The highest BCUT2D eigenvalue weighted by atomic mass is 16.5. The zero-order valence-corrected chi connectivity index (χ0v) is 21.5. The maximum Gasteiger partial charge on any atom is 0.258 e. The molecule has 0 saturated heterocycles. The molecule has 2 N–H and O–H groups in total. The lowest BCUT2D eigenvalue weighted by atomic mass is 10.0. The number of aromatic nitrogens is 1. The topological polar surface area (TPSA) is 57.4 Å². The summed E-state index contributed by atoms with van der Waals surface area (Å²) in [5.74, 6) is 0.676. The fourth-order valence-electron chi connectivity index (χ4n) is 5.17. The lowest BCUT2D eigenvalue weighted by Gasteiger charge is -2.23. The van der Waals surface area contributed by atoms with Gasteiger partial charge in [-0.2, -0.15) is 0 Å². The molecule has 4 aromatic carbocycles. The van der Waals surface area contributed by atoms with Crippen molar-refractivity contribution in [2.24, 2.45) is 0 Å². The Labute approximate surface area is 223 Å². The largest absolute Gasteiger partial charge is 0.488 e. The SMILES string of the molecule is CCC1CCN(C(=O)c2ccc(-c3ccc4[nH]ccc4c3)c(OCc3ccccc3)c2)c2ccccc2N1. The number of fused-ring (bicyclic) bond motifs is 2. The van der Waals surface area contributed by atoms with Gasteiger partial charge in [0.2, 0.25) is 0 Å². The second-order valence-corrected chi connectivity index (χ2v) is 9.78. The first-order chi connectivity index (χ1) is 18.7. The molecule has 6 rings (SSSR count). The number of ether oxygens (including phenoxy) is 1. The van der Waals surface area contributed by atoms with E-state index in [1.807, 2.05) is 77.8 Å². The van der Waals surface area contributed by atoms with Crippen LogP contribution in [0.15, 0.2) is 103 Å². The van der Waals surface area contributed by atoms with Crippen molar-refractivity contribution in [3.8, 4) is 16.9 Å². The van der Waals surface area contributed by atoms with Crippen molar-refractivity contribution in [2.75, 3.05) is 16.8 Å². The van der Waals surface area contributed by atoms with Crippen LogP contribution in [0.25, 0.3) is 22.0 Å². The lowest BCUT2D eigenvalue weighted by molar-refractivity contribution is 0.0986. The van der Waals surface area contributed by atoms with Crippen molar-refractivity contribution in [1.82, 2.24) is 4.98 Å². The van der Waals surface area contributed by atoms with Crippen LogP contribution in [0.5, 0.6) is 5.75 Å². The van der Waals surface area contributed by atoms with E-state index in [1.165, 1.54) is 0 Å². The summed E-state index contributed by atoms with van der Waals surface area (Å²) < 4.78 is 6.39. The maximum atomic E-state index is 14.0. The van der Waals surface area contributed by atoms with Gasteiger partial charge in [0.15, 0.2) is 0 Å². The van der Waals surface area contributed by atoms with E-state index < -0.39 is 0 Å². The average molecular weight is 502 g/mol. The van der Waals surface area contributed by atoms with Crippen molar-refractivity contribution in [1.29, 1.82) is 0 Å². The van der Waals surface area contributed by atoms with Gasteiger partial charge in [0.05, 0.1) is 11.4 Å². The van der Waals surface area contributed by atoms with E-state index in [4.69, 9.17) is 4.74 Å². The minimum Gasteiger partial charge on any atom is -0.488 e. The number of nitrogens with one attached hydrogen (secondary N) is 2. The highest BCUT2D eigenvalue weighted by Crippen LogP contribution is 2.36. The molecule has 0 spiro atoms. The number of benzene rings is 4. The van der Waals surface area contributed by atoms with E-state index in [0.29, 0.717) is 30.5 Å². The smallest absolute Gasteiger partial charge is 0.258 e. The Morgan fingerprint density at radius 1 is 0.947 bits per heavy atom. The van der Waals surface area contributed by atoms with Gasteiger partial charge < -0.3 is 19.9 Å². The number of carbonyl (C=O) groups is 1. The molecule has 1 atom stereocenters. The monoisotopic (exact) mass is 501 g/mol. The van der Waals surface area contributed by atoms with E-state index in [9.17, 15) is 4.79 Å². The molecule has 0 aliphatic carbocycles. The Morgan fingerprint density at radius 3 is 2.66 bits per heavy atom. The van der Waals surface area contributed by atoms with Crippen LogP contribution < -0.4 is 15.0 Å². The molecule has 0 saturated carbocycles. The summed E-state index contributed by atoms with van der Waals surface area (Å²) in [6, 6.07) is 32.7. The average Bonchev–Trinajstić information content (AvgIpc) is 3.36. The van der Waals surface area contributed by atoms with Crippen LogP contribution in [0.4, 0.5) is 11.4 Å². The molecule has 1 aliphatic rings. The minimum absolute atomic E-state index is 0.0202. The fraction of sp³-hybridized carbons (Fsp3) is 0.182. The Bertz CT molecular complexity index is 1570. The van der Waals surface area contributed by atoms with E-state index in [0.717, 1.165) is 51.8 Å². The third-order valence-corrected chi connectivity index (χ3v) is 7.32. The van der Waals surface area contributed by atoms with Crippen LogP contribution in [0, 0.1) is 0 Å². The second kappa shape index (κ2) is 10.5. The molecule has 2 heterocycles. The van der Waals surface area contributed by atoms with Crippen LogP contribution in [-0.4, -0.2) is 23.5 Å². The number of H-pyrrole nitrogens is 1. The van der Waals surface area contributed by atoms with Gasteiger partial charge in [0.1, 0.15) is 12.4 Å². The third kappa shape index (κ3) is 4.75. The summed E-state index contributed by atoms with van der Waals surface area (Å²) in [6.45, 7) is 3.26. The van der Waals surface area contributed by atoms with Crippen LogP contribution >= 0.6 is 0 Å². The molecule has 5 aromatic rings. The van der Waals surface area contributed by atoms with Gasteiger partial charge in [-0.05, 0) is 77.9 Å². The van der Waals surface area contributed by atoms with Gasteiger partial charge in [-0.25, -0.2) is 0 Å². The van der Waals surface area contributed by atoms with Crippen LogP contribution in [-0.2, 0) is 6.61 Å². The normalized spacial score (nSPS) is 15.0. The van der Waals surface area contributed by atoms with E-state index >= 15 is 0 Å². The molecule has 1 aliphatic heterocycles. The first-order valence-electron chi connectivity index (χ1n) is 13.3. The Hall–Kier alpha value is -4.51. The summed E-state index contributed by atoms with van der Waals surface area (Å²) in [7, 11) is 0. The van der Waals surface area contributed by atoms with Gasteiger partial charge in [-0.15, -0.1) is 0 Å². The lowest BCUT2D eigenvalue weighted by Crippen LogP contribution is -2.32. The fourth-order valence-corrected chi connectivity index (χ4v) is 5.17. The molecule has 1 aromatic heterocycles. The first kappa shape index (κ1) is 23.9. The van der Waals surface area contributed by atoms with Crippen molar-refractivity contribution in [3.63, 3.8) is 0 Å². The van der Waals surface area contributed by atoms with Gasteiger partial charge >= 0.3 is 0 Å². The summed E-state index contributed by atoms with van der Waals surface area (Å²) in [6.07, 6.45) is 3.84. The number of hydrogen-bond donors (Lipinski definition) is 2. The minimum atomic E-state index is -0.0202. The molecular formula is C33H31N3O2. The molecule has 5 heteroatoms. The number of amides is 1. The van der Waals surface area contributed by atoms with Crippen molar-refractivity contribution in [2.45, 2.75) is 32.4 Å². The molecule has 190 valence electrons. The number of aromatic amines is 1. The van der Waals surface area contributed by atoms with Gasteiger partial charge in [-0.3, -0.25) is 4.79 Å². The Balaban J connectivity index is 1.37. The van der Waals surface area contributed by atoms with Gasteiger partial charge in [0, 0.05) is 35.4 Å². The van der Waals surface area contributed by atoms with Crippen molar-refractivity contribution < 1.29 is 9.53 Å². The van der Waals surface area contributed by atoms with Crippen LogP contribution in [0.3, 0.4) is 0 Å². The number of nitrogens with zero attached hydrogens (tertiary/aromatic N) is 1. The van der Waals surface area contributed by atoms with E-state index in [2.05, 4.69) is 47.6 Å². The van der Waals surface area contributed by atoms with E-state index in [-0.39, 0.29) is 5.91 Å². The third-order valence-electron chi connectivity index (χ3n) is 7.32. The molecule has 0 bridgehead atoms. The molecule has 0 radical (unpaired) electrons. The Kier molecular flexibility index (Phi) is 6.57. The number of carbonyl (C=O) groups excluding carboxylic acids is 1. The van der Waals surface area contributed by atoms with Gasteiger partial charge in [0.25, 0.3) is 5.91 Å². The quantitative estimate of drug-likeness (QED) is 0.251. The molecule has 5 nitrogen and oxygen atoms in total. The van der Waals surface area contributed by atoms with E-state index in [1.54, 1.807) is 0 Å². The summed E-state index contributed by atoms with van der Waals surface area (Å²) in [5.41, 5.74) is 6.72. The zero-order valence-electron chi connectivity index (χ0n) is 21.5. The first-order valence-corrected chi connectivity index (χ1v) is 13.3. The van der Waals surface area contributed by atoms with Crippen LogP contribution in [0.1, 0.15) is 35.7 Å².